The van der Waals surface area contributed by atoms with Crippen LogP contribution in [0.1, 0.15) is 31.7 Å². The molecule has 0 aliphatic heterocycles. The second-order valence-corrected chi connectivity index (χ2v) is 4.28. The highest BCUT2D eigenvalue weighted by atomic mass is 16.5. The fraction of sp³-hybridized carbons (Fsp3) is 0.400. The summed E-state index contributed by atoms with van der Waals surface area (Å²) >= 11 is 0. The molecular weight excluding hydrogens is 212 g/mol. The number of ether oxygens (including phenoxy) is 1. The molecule has 0 bridgehead atoms. The molecule has 0 spiro atoms. The van der Waals surface area contributed by atoms with Crippen molar-refractivity contribution >= 4 is 11.9 Å². The van der Waals surface area contributed by atoms with Gasteiger partial charge < -0.3 is 4.74 Å². The summed E-state index contributed by atoms with van der Waals surface area (Å²) in [5.41, 5.74) is 1.99. The molecule has 2 nitrogen and oxygen atoms in total. The minimum atomic E-state index is -0.219. The fourth-order valence-electron chi connectivity index (χ4n) is 2.19. The van der Waals surface area contributed by atoms with Crippen molar-refractivity contribution in [3.05, 3.63) is 41.5 Å². The van der Waals surface area contributed by atoms with Gasteiger partial charge in [0.15, 0.2) is 5.78 Å². The largest absolute Gasteiger partial charge is 0.370 e. The molecule has 1 aliphatic carbocycles. The Morgan fingerprint density at radius 3 is 2.82 bits per heavy atom. The third kappa shape index (κ3) is 3.04. The smallest absolute Gasteiger partial charge is 0.187 e. The SMILES string of the molecule is CCOC1CCC/C(=C/c2ccccc2)C1=O. The van der Waals surface area contributed by atoms with Gasteiger partial charge in [0.1, 0.15) is 6.10 Å². The Kier molecular flexibility index (Phi) is 4.10. The standard InChI is InChI=1S/C15H18O2/c1-2-17-14-10-6-9-13(15(14)16)11-12-7-4-3-5-8-12/h3-5,7-8,11,14H,2,6,9-10H2,1H3/b13-11-. The molecule has 1 aromatic carbocycles. The Hall–Kier alpha value is -1.41. The zero-order chi connectivity index (χ0) is 12.1. The van der Waals surface area contributed by atoms with E-state index in [0.29, 0.717) is 6.61 Å². The first-order valence-electron chi connectivity index (χ1n) is 6.22. The van der Waals surface area contributed by atoms with Crippen LogP contribution in [0.2, 0.25) is 0 Å². The van der Waals surface area contributed by atoms with E-state index in [9.17, 15) is 4.79 Å². The molecule has 0 amide bonds. The van der Waals surface area contributed by atoms with Crippen LogP contribution in [0.25, 0.3) is 6.08 Å². The van der Waals surface area contributed by atoms with E-state index in [2.05, 4.69) is 0 Å². The first-order chi connectivity index (χ1) is 8.31. The predicted molar refractivity (Wildman–Crippen MR) is 68.7 cm³/mol. The van der Waals surface area contributed by atoms with Crippen molar-refractivity contribution in [2.45, 2.75) is 32.3 Å². The van der Waals surface area contributed by atoms with Crippen LogP contribution in [-0.2, 0) is 9.53 Å². The first-order valence-corrected chi connectivity index (χ1v) is 6.22. The predicted octanol–water partition coefficient (Wildman–Crippen LogP) is 3.23. The number of carbonyl (C=O) groups is 1. The van der Waals surface area contributed by atoms with Crippen LogP contribution in [0.4, 0.5) is 0 Å². The Bertz CT molecular complexity index is 404. The van der Waals surface area contributed by atoms with E-state index in [4.69, 9.17) is 4.74 Å². The Morgan fingerprint density at radius 2 is 2.12 bits per heavy atom. The molecule has 2 heteroatoms. The molecule has 1 aromatic rings. The summed E-state index contributed by atoms with van der Waals surface area (Å²) in [4.78, 5) is 12.1. The number of ketones is 1. The second-order valence-electron chi connectivity index (χ2n) is 4.28. The van der Waals surface area contributed by atoms with E-state index in [0.717, 1.165) is 30.4 Å². The van der Waals surface area contributed by atoms with Crippen molar-refractivity contribution in [2.75, 3.05) is 6.61 Å². The van der Waals surface area contributed by atoms with Crippen molar-refractivity contribution in [3.8, 4) is 0 Å². The van der Waals surface area contributed by atoms with E-state index in [1.165, 1.54) is 0 Å². The quantitative estimate of drug-likeness (QED) is 0.745. The van der Waals surface area contributed by atoms with Gasteiger partial charge in [-0.15, -0.1) is 0 Å². The van der Waals surface area contributed by atoms with Crippen LogP contribution in [-0.4, -0.2) is 18.5 Å². The molecule has 17 heavy (non-hydrogen) atoms. The second kappa shape index (κ2) is 5.78. The van der Waals surface area contributed by atoms with Gasteiger partial charge in [0.05, 0.1) is 0 Å². The summed E-state index contributed by atoms with van der Waals surface area (Å²) in [6.45, 7) is 2.54. The van der Waals surface area contributed by atoms with Gasteiger partial charge in [-0.2, -0.15) is 0 Å². The molecule has 1 saturated carbocycles. The van der Waals surface area contributed by atoms with Gasteiger partial charge in [-0.25, -0.2) is 0 Å². The maximum absolute atomic E-state index is 12.1. The van der Waals surface area contributed by atoms with Crippen molar-refractivity contribution in [1.82, 2.24) is 0 Å². The van der Waals surface area contributed by atoms with Crippen molar-refractivity contribution in [1.29, 1.82) is 0 Å². The van der Waals surface area contributed by atoms with Crippen LogP contribution in [0, 0.1) is 0 Å². The van der Waals surface area contributed by atoms with E-state index < -0.39 is 0 Å². The molecule has 1 atom stereocenters. The number of hydrogen-bond acceptors (Lipinski definition) is 2. The van der Waals surface area contributed by atoms with Gasteiger partial charge >= 0.3 is 0 Å². The van der Waals surface area contributed by atoms with Crippen molar-refractivity contribution < 1.29 is 9.53 Å². The van der Waals surface area contributed by atoms with Gasteiger partial charge in [0.2, 0.25) is 0 Å². The highest BCUT2D eigenvalue weighted by Gasteiger charge is 2.26. The molecule has 0 saturated heterocycles. The lowest BCUT2D eigenvalue weighted by atomic mass is 9.90. The number of Topliss-reactive ketones (excluding diaryl/α,β-unsaturated/α-hetero) is 1. The maximum Gasteiger partial charge on any atom is 0.187 e. The van der Waals surface area contributed by atoms with Gasteiger partial charge in [0.25, 0.3) is 0 Å². The number of hydrogen-bond donors (Lipinski definition) is 0. The summed E-state index contributed by atoms with van der Waals surface area (Å²) in [5.74, 6) is 0.168. The lowest BCUT2D eigenvalue weighted by Gasteiger charge is -2.22. The van der Waals surface area contributed by atoms with E-state index in [1.54, 1.807) is 0 Å². The summed E-state index contributed by atoms with van der Waals surface area (Å²) in [5, 5.41) is 0. The van der Waals surface area contributed by atoms with E-state index >= 15 is 0 Å². The van der Waals surface area contributed by atoms with Crippen molar-refractivity contribution in [3.63, 3.8) is 0 Å². The minimum Gasteiger partial charge on any atom is -0.370 e. The highest BCUT2D eigenvalue weighted by molar-refractivity contribution is 6.03. The molecule has 1 aliphatic rings. The zero-order valence-electron chi connectivity index (χ0n) is 10.2. The molecule has 0 radical (unpaired) electrons. The zero-order valence-corrected chi connectivity index (χ0v) is 10.2. The van der Waals surface area contributed by atoms with Crippen LogP contribution < -0.4 is 0 Å². The summed E-state index contributed by atoms with van der Waals surface area (Å²) in [6.07, 6.45) is 4.54. The van der Waals surface area contributed by atoms with Crippen LogP contribution in [0.15, 0.2) is 35.9 Å². The van der Waals surface area contributed by atoms with Crippen molar-refractivity contribution in [2.24, 2.45) is 0 Å². The fourth-order valence-corrected chi connectivity index (χ4v) is 2.19. The summed E-state index contributed by atoms with van der Waals surface area (Å²) in [6, 6.07) is 9.99. The minimum absolute atomic E-state index is 0.168. The molecule has 0 heterocycles. The number of rotatable bonds is 3. The van der Waals surface area contributed by atoms with Gasteiger partial charge in [-0.05, 0) is 43.4 Å². The van der Waals surface area contributed by atoms with Gasteiger partial charge in [-0.3, -0.25) is 4.79 Å². The lowest BCUT2D eigenvalue weighted by Crippen LogP contribution is -2.29. The molecule has 0 aromatic heterocycles. The molecule has 0 N–H and O–H groups in total. The summed E-state index contributed by atoms with van der Waals surface area (Å²) in [7, 11) is 0. The van der Waals surface area contributed by atoms with Gasteiger partial charge in [0, 0.05) is 6.61 Å². The molecule has 1 fully saturated rings. The molecule has 2 rings (SSSR count). The monoisotopic (exact) mass is 230 g/mol. The maximum atomic E-state index is 12.1. The Balaban J connectivity index is 2.15. The van der Waals surface area contributed by atoms with Gasteiger partial charge in [-0.1, -0.05) is 30.3 Å². The Labute approximate surface area is 102 Å². The third-order valence-electron chi connectivity index (χ3n) is 3.03. The lowest BCUT2D eigenvalue weighted by molar-refractivity contribution is -0.128. The van der Waals surface area contributed by atoms with E-state index in [-0.39, 0.29) is 11.9 Å². The third-order valence-corrected chi connectivity index (χ3v) is 3.03. The average molecular weight is 230 g/mol. The Morgan fingerprint density at radius 1 is 1.35 bits per heavy atom. The van der Waals surface area contributed by atoms with Crippen LogP contribution >= 0.6 is 0 Å². The first kappa shape index (κ1) is 12.1. The number of carbonyl (C=O) groups excluding carboxylic acids is 1. The highest BCUT2D eigenvalue weighted by Crippen LogP contribution is 2.24. The van der Waals surface area contributed by atoms with Crippen LogP contribution in [0.3, 0.4) is 0 Å². The normalized spacial score (nSPS) is 23.0. The average Bonchev–Trinajstić information content (AvgIpc) is 2.36. The van der Waals surface area contributed by atoms with E-state index in [1.807, 2.05) is 43.3 Å². The number of benzene rings is 1. The topological polar surface area (TPSA) is 26.3 Å². The summed E-state index contributed by atoms with van der Waals surface area (Å²) < 4.78 is 5.47. The molecule has 90 valence electrons. The van der Waals surface area contributed by atoms with Crippen LogP contribution in [0.5, 0.6) is 0 Å². The molecular formula is C15H18O2. The molecule has 1 unspecified atom stereocenters.